The van der Waals surface area contributed by atoms with Gasteiger partial charge in [-0.05, 0) is 13.0 Å². The molecule has 1 N–H and O–H groups in total. The summed E-state index contributed by atoms with van der Waals surface area (Å²) in [5.41, 5.74) is 0.0649. The van der Waals surface area contributed by atoms with Crippen molar-refractivity contribution < 1.29 is 18.3 Å². The average Bonchev–Trinajstić information content (AvgIpc) is 2.41. The van der Waals surface area contributed by atoms with Crippen LogP contribution in [0.2, 0.25) is 0 Å². The van der Waals surface area contributed by atoms with E-state index in [-0.39, 0.29) is 11.8 Å². The van der Waals surface area contributed by atoms with Crippen molar-refractivity contribution in [3.05, 3.63) is 41.4 Å². The summed E-state index contributed by atoms with van der Waals surface area (Å²) < 4.78 is 31.3. The first kappa shape index (κ1) is 13.8. The average molecular weight is 280 g/mol. The van der Waals surface area contributed by atoms with Crippen molar-refractivity contribution in [1.29, 1.82) is 0 Å². The Balaban J connectivity index is 2.28. The number of carbonyl (C=O) groups is 1. The van der Waals surface area contributed by atoms with Crippen molar-refractivity contribution >= 4 is 11.9 Å². The van der Waals surface area contributed by atoms with Crippen LogP contribution >= 0.6 is 0 Å². The van der Waals surface area contributed by atoms with E-state index in [4.69, 9.17) is 4.74 Å². The number of hydrogen-bond acceptors (Lipinski definition) is 5. The van der Waals surface area contributed by atoms with Crippen LogP contribution in [0.5, 0.6) is 5.88 Å². The fraction of sp³-hybridized carbons (Fsp3) is 0.167. The van der Waals surface area contributed by atoms with Crippen molar-refractivity contribution in [2.75, 3.05) is 12.4 Å². The van der Waals surface area contributed by atoms with Gasteiger partial charge < -0.3 is 4.74 Å². The molecule has 0 aromatic carbocycles. The molecule has 0 radical (unpaired) electrons. The second-order valence-corrected chi connectivity index (χ2v) is 3.79. The topological polar surface area (TPSA) is 77.0 Å². The maximum absolute atomic E-state index is 13.4. The molecule has 0 atom stereocenters. The van der Waals surface area contributed by atoms with E-state index in [1.165, 1.54) is 7.11 Å². The van der Waals surface area contributed by atoms with Crippen LogP contribution in [-0.4, -0.2) is 28.0 Å². The minimum atomic E-state index is -1.35. The molecule has 2 aromatic heterocycles. The molecule has 0 aliphatic heterocycles. The molecule has 0 fully saturated rings. The van der Waals surface area contributed by atoms with Crippen LogP contribution in [0.3, 0.4) is 0 Å². The van der Waals surface area contributed by atoms with Gasteiger partial charge in [-0.3, -0.25) is 10.1 Å². The number of halogens is 2. The van der Waals surface area contributed by atoms with E-state index < -0.39 is 23.2 Å². The monoisotopic (exact) mass is 280 g/mol. The highest BCUT2D eigenvalue weighted by molar-refractivity contribution is 6.03. The number of ether oxygens (including phenoxy) is 1. The molecule has 0 unspecified atom stereocenters. The molecule has 0 aliphatic carbocycles. The number of methoxy groups -OCH3 is 1. The van der Waals surface area contributed by atoms with Gasteiger partial charge in [0.15, 0.2) is 5.82 Å². The number of rotatable bonds is 3. The number of aromatic nitrogens is 3. The molecule has 104 valence electrons. The highest BCUT2D eigenvalue weighted by Crippen LogP contribution is 2.14. The summed E-state index contributed by atoms with van der Waals surface area (Å²) in [6.45, 7) is 1.67. The highest BCUT2D eigenvalue weighted by atomic mass is 19.2. The molecule has 2 rings (SSSR count). The lowest BCUT2D eigenvalue weighted by Gasteiger charge is -2.07. The molecule has 8 heteroatoms. The molecule has 6 nitrogen and oxygen atoms in total. The molecular weight excluding hydrogens is 270 g/mol. The van der Waals surface area contributed by atoms with Crippen LogP contribution in [0.1, 0.15) is 16.1 Å². The van der Waals surface area contributed by atoms with E-state index in [9.17, 15) is 13.6 Å². The van der Waals surface area contributed by atoms with Crippen molar-refractivity contribution in [3.63, 3.8) is 0 Å². The molecule has 20 heavy (non-hydrogen) atoms. The molecule has 0 saturated carbocycles. The maximum atomic E-state index is 13.4. The van der Waals surface area contributed by atoms with E-state index in [1.807, 2.05) is 0 Å². The number of amides is 1. The Labute approximate surface area is 112 Å². The minimum absolute atomic E-state index is 0.0662. The highest BCUT2D eigenvalue weighted by Gasteiger charge is 2.17. The third kappa shape index (κ3) is 2.85. The van der Waals surface area contributed by atoms with Crippen LogP contribution < -0.4 is 10.1 Å². The number of pyridine rings is 1. The second-order valence-electron chi connectivity index (χ2n) is 3.79. The number of carbonyl (C=O) groups excluding carboxylic acids is 1. The van der Waals surface area contributed by atoms with Gasteiger partial charge in [0.2, 0.25) is 17.8 Å². The SMILES string of the molecule is COc1cc(C)nc(NC(=O)c2ccnc(F)c2F)n1. The lowest BCUT2D eigenvalue weighted by atomic mass is 10.2. The summed E-state index contributed by atoms with van der Waals surface area (Å²) in [5, 5.41) is 2.27. The standard InChI is InChI=1S/C12H10F2N4O2/c1-6-5-8(20-2)17-12(16-6)18-11(19)7-3-4-15-10(14)9(7)13/h3-5H,1-2H3,(H,16,17,18,19). The summed E-state index contributed by atoms with van der Waals surface area (Å²) in [6, 6.07) is 2.61. The quantitative estimate of drug-likeness (QED) is 0.866. The number of nitrogens with zero attached hydrogens (tertiary/aromatic N) is 3. The van der Waals surface area contributed by atoms with Gasteiger partial charge in [-0.2, -0.15) is 9.37 Å². The van der Waals surface area contributed by atoms with Crippen molar-refractivity contribution in [3.8, 4) is 5.88 Å². The first-order valence-corrected chi connectivity index (χ1v) is 5.52. The van der Waals surface area contributed by atoms with Gasteiger partial charge >= 0.3 is 0 Å². The minimum Gasteiger partial charge on any atom is -0.481 e. The Hall–Kier alpha value is -2.64. The van der Waals surface area contributed by atoms with Crippen LogP contribution in [-0.2, 0) is 0 Å². The lowest BCUT2D eigenvalue weighted by Crippen LogP contribution is -2.17. The third-order valence-electron chi connectivity index (χ3n) is 2.36. The Morgan fingerprint density at radius 1 is 1.35 bits per heavy atom. The van der Waals surface area contributed by atoms with E-state index in [0.717, 1.165) is 12.3 Å². The van der Waals surface area contributed by atoms with E-state index >= 15 is 0 Å². The molecule has 0 aliphatic rings. The van der Waals surface area contributed by atoms with Crippen molar-refractivity contribution in [2.45, 2.75) is 6.92 Å². The summed E-state index contributed by atoms with van der Waals surface area (Å²) in [4.78, 5) is 22.7. The first-order chi connectivity index (χ1) is 9.51. The van der Waals surface area contributed by atoms with Gasteiger partial charge in [-0.25, -0.2) is 14.4 Å². The zero-order valence-electron chi connectivity index (χ0n) is 10.6. The smallest absolute Gasteiger partial charge is 0.261 e. The maximum Gasteiger partial charge on any atom is 0.261 e. The van der Waals surface area contributed by atoms with E-state index in [0.29, 0.717) is 5.69 Å². The van der Waals surface area contributed by atoms with Crippen molar-refractivity contribution in [1.82, 2.24) is 15.0 Å². The largest absolute Gasteiger partial charge is 0.481 e. The molecule has 0 bridgehead atoms. The molecule has 0 saturated heterocycles. The number of nitrogens with one attached hydrogen (secondary N) is 1. The molecular formula is C12H10F2N4O2. The fourth-order valence-corrected chi connectivity index (χ4v) is 1.46. The Morgan fingerprint density at radius 3 is 2.80 bits per heavy atom. The predicted octanol–water partition coefficient (Wildman–Crippen LogP) is 1.72. The van der Waals surface area contributed by atoms with Gasteiger partial charge in [0, 0.05) is 18.0 Å². The van der Waals surface area contributed by atoms with Crippen molar-refractivity contribution in [2.24, 2.45) is 0 Å². The molecule has 2 heterocycles. The van der Waals surface area contributed by atoms with E-state index in [1.54, 1.807) is 13.0 Å². The zero-order valence-corrected chi connectivity index (χ0v) is 10.6. The van der Waals surface area contributed by atoms with Crippen LogP contribution in [0.25, 0.3) is 0 Å². The summed E-state index contributed by atoms with van der Waals surface area (Å²) >= 11 is 0. The lowest BCUT2D eigenvalue weighted by molar-refractivity contribution is 0.102. The molecule has 2 aromatic rings. The number of hydrogen-bond donors (Lipinski definition) is 1. The van der Waals surface area contributed by atoms with Gasteiger partial charge in [-0.1, -0.05) is 0 Å². The third-order valence-corrected chi connectivity index (χ3v) is 2.36. The normalized spacial score (nSPS) is 10.2. The van der Waals surface area contributed by atoms with E-state index in [2.05, 4.69) is 20.3 Å². The Bertz CT molecular complexity index is 664. The molecule has 1 amide bonds. The van der Waals surface area contributed by atoms with Gasteiger partial charge in [0.25, 0.3) is 5.91 Å². The van der Waals surface area contributed by atoms with Gasteiger partial charge in [0.1, 0.15) is 0 Å². The fourth-order valence-electron chi connectivity index (χ4n) is 1.46. The summed E-state index contributed by atoms with van der Waals surface area (Å²) in [7, 11) is 1.41. The van der Waals surface area contributed by atoms with Gasteiger partial charge in [0.05, 0.1) is 12.7 Å². The van der Waals surface area contributed by atoms with Crippen LogP contribution in [0.15, 0.2) is 18.3 Å². The van der Waals surface area contributed by atoms with Gasteiger partial charge in [-0.15, -0.1) is 0 Å². The summed E-state index contributed by atoms with van der Waals surface area (Å²) in [5.74, 6) is -3.38. The summed E-state index contributed by atoms with van der Waals surface area (Å²) in [6.07, 6.45) is 0.991. The number of anilines is 1. The van der Waals surface area contributed by atoms with Crippen LogP contribution in [0.4, 0.5) is 14.7 Å². The second kappa shape index (κ2) is 5.55. The zero-order chi connectivity index (χ0) is 14.7. The Morgan fingerprint density at radius 2 is 2.10 bits per heavy atom. The first-order valence-electron chi connectivity index (χ1n) is 5.52. The Kier molecular flexibility index (Phi) is 3.83. The molecule has 0 spiro atoms. The predicted molar refractivity (Wildman–Crippen MR) is 65.4 cm³/mol. The van der Waals surface area contributed by atoms with Crippen LogP contribution in [0, 0.1) is 18.7 Å². The number of aryl methyl sites for hydroxylation is 1.